The summed E-state index contributed by atoms with van der Waals surface area (Å²) in [4.78, 5) is 36.3. The standard InChI is InChI=1S/C26H25ClN4O4/c1-16-8-10-21(11-18(16)3)29-25(33)26(34)31-28-14-19-5-4-6-22(12-19)35-15-24(32)30-23-13-20(27)9-7-17(23)2/h4-14H,15H2,1-3H3,(H,29,33)(H,30,32)(H,31,34)/b28-14-. The van der Waals surface area contributed by atoms with E-state index in [2.05, 4.69) is 21.2 Å². The zero-order valence-corrected chi connectivity index (χ0v) is 20.3. The number of aryl methyl sites for hydroxylation is 3. The molecule has 0 bridgehead atoms. The first-order valence-electron chi connectivity index (χ1n) is 10.7. The summed E-state index contributed by atoms with van der Waals surface area (Å²) in [5.41, 5.74) is 6.89. The van der Waals surface area contributed by atoms with Crippen molar-refractivity contribution in [3.05, 3.63) is 87.9 Å². The number of halogens is 1. The highest BCUT2D eigenvalue weighted by Gasteiger charge is 2.13. The van der Waals surface area contributed by atoms with E-state index < -0.39 is 11.8 Å². The van der Waals surface area contributed by atoms with Crippen LogP contribution < -0.4 is 20.8 Å². The summed E-state index contributed by atoms with van der Waals surface area (Å²) in [5.74, 6) is -1.63. The third-order valence-corrected chi connectivity index (χ3v) is 5.29. The summed E-state index contributed by atoms with van der Waals surface area (Å²) in [7, 11) is 0. The van der Waals surface area contributed by atoms with Crippen molar-refractivity contribution in [2.75, 3.05) is 17.2 Å². The number of hydrogen-bond acceptors (Lipinski definition) is 5. The molecule has 8 nitrogen and oxygen atoms in total. The van der Waals surface area contributed by atoms with Gasteiger partial charge in [0.1, 0.15) is 5.75 Å². The quantitative estimate of drug-likeness (QED) is 0.258. The van der Waals surface area contributed by atoms with Crippen LogP contribution in [0.4, 0.5) is 11.4 Å². The fraction of sp³-hybridized carbons (Fsp3) is 0.154. The minimum absolute atomic E-state index is 0.206. The van der Waals surface area contributed by atoms with Gasteiger partial charge in [0.2, 0.25) is 0 Å². The minimum Gasteiger partial charge on any atom is -0.484 e. The summed E-state index contributed by atoms with van der Waals surface area (Å²) < 4.78 is 5.54. The normalized spacial score (nSPS) is 10.6. The molecule has 0 atom stereocenters. The van der Waals surface area contributed by atoms with Crippen LogP contribution in [0.15, 0.2) is 65.8 Å². The lowest BCUT2D eigenvalue weighted by molar-refractivity contribution is -0.136. The van der Waals surface area contributed by atoms with Crippen molar-refractivity contribution in [2.24, 2.45) is 5.10 Å². The van der Waals surface area contributed by atoms with Gasteiger partial charge in [-0.2, -0.15) is 5.10 Å². The number of carbonyl (C=O) groups is 3. The molecule has 0 heterocycles. The molecule has 0 saturated carbocycles. The second kappa shape index (κ2) is 11.8. The Labute approximate surface area is 208 Å². The monoisotopic (exact) mass is 492 g/mol. The number of amides is 3. The lowest BCUT2D eigenvalue weighted by Crippen LogP contribution is -2.32. The van der Waals surface area contributed by atoms with Gasteiger partial charge in [-0.25, -0.2) is 5.43 Å². The molecule has 3 N–H and O–H groups in total. The van der Waals surface area contributed by atoms with Gasteiger partial charge in [0.15, 0.2) is 6.61 Å². The van der Waals surface area contributed by atoms with Gasteiger partial charge >= 0.3 is 11.8 Å². The number of nitrogens with zero attached hydrogens (tertiary/aromatic N) is 1. The number of hydrazone groups is 1. The van der Waals surface area contributed by atoms with Gasteiger partial charge in [0, 0.05) is 16.4 Å². The first-order chi connectivity index (χ1) is 16.7. The molecule has 0 radical (unpaired) electrons. The Kier molecular flexibility index (Phi) is 8.58. The molecule has 0 saturated heterocycles. The van der Waals surface area contributed by atoms with Gasteiger partial charge in [0.25, 0.3) is 5.91 Å². The number of rotatable bonds is 7. The van der Waals surface area contributed by atoms with Crippen molar-refractivity contribution >= 4 is 46.9 Å². The number of ether oxygens (including phenoxy) is 1. The third-order valence-electron chi connectivity index (χ3n) is 5.05. The van der Waals surface area contributed by atoms with Crippen LogP contribution in [0.5, 0.6) is 5.75 Å². The summed E-state index contributed by atoms with van der Waals surface area (Å²) in [6, 6.07) is 17.4. The van der Waals surface area contributed by atoms with Gasteiger partial charge in [-0.1, -0.05) is 35.9 Å². The number of anilines is 2. The SMILES string of the molecule is Cc1ccc(NC(=O)C(=O)N/N=C\c2cccc(OCC(=O)Nc3cc(Cl)ccc3C)c2)cc1C. The van der Waals surface area contributed by atoms with Crippen molar-refractivity contribution in [1.29, 1.82) is 0 Å². The first-order valence-corrected chi connectivity index (χ1v) is 11.1. The number of benzene rings is 3. The first kappa shape index (κ1) is 25.5. The van der Waals surface area contributed by atoms with Crippen LogP contribution in [0.25, 0.3) is 0 Å². The van der Waals surface area contributed by atoms with Crippen LogP contribution in [0, 0.1) is 20.8 Å². The molecule has 3 amide bonds. The third kappa shape index (κ3) is 7.68. The number of hydrogen-bond donors (Lipinski definition) is 3. The van der Waals surface area contributed by atoms with Crippen molar-refractivity contribution in [3.8, 4) is 5.75 Å². The van der Waals surface area contributed by atoms with E-state index in [0.29, 0.717) is 27.7 Å². The van der Waals surface area contributed by atoms with Crippen molar-refractivity contribution in [3.63, 3.8) is 0 Å². The fourth-order valence-electron chi connectivity index (χ4n) is 2.97. The summed E-state index contributed by atoms with van der Waals surface area (Å²) in [5, 5.41) is 9.62. The molecule has 0 aromatic heterocycles. The number of nitrogens with one attached hydrogen (secondary N) is 3. The average molecular weight is 493 g/mol. The Morgan fingerprint density at radius 2 is 1.66 bits per heavy atom. The summed E-state index contributed by atoms with van der Waals surface area (Å²) in [6.07, 6.45) is 1.36. The van der Waals surface area contributed by atoms with E-state index in [1.54, 1.807) is 48.5 Å². The highest BCUT2D eigenvalue weighted by molar-refractivity contribution is 6.39. The average Bonchev–Trinajstić information content (AvgIpc) is 2.82. The zero-order chi connectivity index (χ0) is 25.4. The molecular weight excluding hydrogens is 468 g/mol. The Hall–Kier alpha value is -4.17. The molecule has 0 unspecified atom stereocenters. The molecule has 0 aliphatic heterocycles. The molecule has 0 aliphatic rings. The van der Waals surface area contributed by atoms with Crippen molar-refractivity contribution in [2.45, 2.75) is 20.8 Å². The molecule has 3 aromatic carbocycles. The Balaban J connectivity index is 1.50. The van der Waals surface area contributed by atoms with Crippen LogP contribution in [0.3, 0.4) is 0 Å². The molecule has 3 rings (SSSR count). The Bertz CT molecular complexity index is 1290. The zero-order valence-electron chi connectivity index (χ0n) is 19.5. The highest BCUT2D eigenvalue weighted by atomic mass is 35.5. The minimum atomic E-state index is -0.903. The van der Waals surface area contributed by atoms with E-state index in [4.69, 9.17) is 16.3 Å². The van der Waals surface area contributed by atoms with Gasteiger partial charge in [0.05, 0.1) is 6.21 Å². The van der Waals surface area contributed by atoms with Gasteiger partial charge < -0.3 is 15.4 Å². The highest BCUT2D eigenvalue weighted by Crippen LogP contribution is 2.20. The van der Waals surface area contributed by atoms with Crippen LogP contribution in [-0.4, -0.2) is 30.5 Å². The van der Waals surface area contributed by atoms with Crippen LogP contribution in [0.2, 0.25) is 5.02 Å². The molecule has 0 fully saturated rings. The molecule has 180 valence electrons. The molecule has 0 spiro atoms. The van der Waals surface area contributed by atoms with Gasteiger partial charge in [-0.3, -0.25) is 14.4 Å². The van der Waals surface area contributed by atoms with Gasteiger partial charge in [-0.15, -0.1) is 0 Å². The smallest absolute Gasteiger partial charge is 0.329 e. The Morgan fingerprint density at radius 1 is 0.886 bits per heavy atom. The maximum Gasteiger partial charge on any atom is 0.329 e. The molecule has 3 aromatic rings. The molecule has 9 heteroatoms. The second-order valence-electron chi connectivity index (χ2n) is 7.82. The molecule has 35 heavy (non-hydrogen) atoms. The second-order valence-corrected chi connectivity index (χ2v) is 8.26. The largest absolute Gasteiger partial charge is 0.484 e. The predicted octanol–water partition coefficient (Wildman–Crippen LogP) is 4.37. The molecular formula is C26H25ClN4O4. The fourth-order valence-corrected chi connectivity index (χ4v) is 3.14. The van der Waals surface area contributed by atoms with E-state index in [1.165, 1.54) is 6.21 Å². The Morgan fingerprint density at radius 3 is 2.43 bits per heavy atom. The summed E-state index contributed by atoms with van der Waals surface area (Å²) in [6.45, 7) is 5.53. The maximum atomic E-state index is 12.2. The molecule has 0 aliphatic carbocycles. The van der Waals surface area contributed by atoms with E-state index in [1.807, 2.05) is 32.9 Å². The predicted molar refractivity (Wildman–Crippen MR) is 137 cm³/mol. The lowest BCUT2D eigenvalue weighted by atomic mass is 10.1. The van der Waals surface area contributed by atoms with Crippen LogP contribution >= 0.6 is 11.6 Å². The van der Waals surface area contributed by atoms with Gasteiger partial charge in [-0.05, 0) is 79.4 Å². The van der Waals surface area contributed by atoms with E-state index in [9.17, 15) is 14.4 Å². The lowest BCUT2D eigenvalue weighted by Gasteiger charge is -2.10. The maximum absolute atomic E-state index is 12.2. The summed E-state index contributed by atoms with van der Waals surface area (Å²) >= 11 is 5.97. The van der Waals surface area contributed by atoms with E-state index in [0.717, 1.165) is 16.7 Å². The van der Waals surface area contributed by atoms with E-state index >= 15 is 0 Å². The number of carbonyl (C=O) groups excluding carboxylic acids is 3. The van der Waals surface area contributed by atoms with Crippen LogP contribution in [-0.2, 0) is 14.4 Å². The topological polar surface area (TPSA) is 109 Å². The van der Waals surface area contributed by atoms with E-state index in [-0.39, 0.29) is 12.5 Å². The van der Waals surface area contributed by atoms with Crippen LogP contribution in [0.1, 0.15) is 22.3 Å². The van der Waals surface area contributed by atoms with Crippen molar-refractivity contribution < 1.29 is 19.1 Å². The van der Waals surface area contributed by atoms with Crippen molar-refractivity contribution in [1.82, 2.24) is 5.43 Å².